The predicted molar refractivity (Wildman–Crippen MR) is 40.4 cm³/mol. The fourth-order valence-electron chi connectivity index (χ4n) is 0.948. The minimum atomic E-state index is 0.160. The fraction of sp³-hybridized carbons (Fsp3) is 0.667. The Labute approximate surface area is 61.8 Å². The second-order valence-corrected chi connectivity index (χ2v) is 2.65. The first kappa shape index (κ1) is 7.34. The van der Waals surface area contributed by atoms with E-state index < -0.39 is 0 Å². The Kier molecular flexibility index (Phi) is 2.50. The van der Waals surface area contributed by atoms with Gasteiger partial charge in [-0.1, -0.05) is 19.3 Å². The summed E-state index contributed by atoms with van der Waals surface area (Å²) in [6.07, 6.45) is 4.14. The van der Waals surface area contributed by atoms with Crippen molar-refractivity contribution in [1.82, 2.24) is 0 Å². The van der Waals surface area contributed by atoms with Crippen LogP contribution in [0.4, 0.5) is 0 Å². The monoisotopic (exact) mass is 136 g/mol. The number of carbonyl (C=O) groups is 1. The van der Waals surface area contributed by atoms with E-state index >= 15 is 0 Å². The van der Waals surface area contributed by atoms with Crippen LogP contribution < -0.4 is 0 Å². The summed E-state index contributed by atoms with van der Waals surface area (Å²) in [6, 6.07) is 0. The lowest BCUT2D eigenvalue weighted by Crippen LogP contribution is -2.20. The van der Waals surface area contributed by atoms with E-state index in [-0.39, 0.29) is 5.78 Å². The molecule has 0 atom stereocenters. The molecule has 1 rings (SSSR count). The third kappa shape index (κ3) is 1.60. The summed E-state index contributed by atoms with van der Waals surface area (Å²) in [5.41, 5.74) is 0. The third-order valence-electron chi connectivity index (χ3n) is 1.86. The first-order valence-corrected chi connectivity index (χ1v) is 3.87. The van der Waals surface area contributed by atoms with E-state index in [1.54, 1.807) is 0 Å². The Balaban J connectivity index is 2.33. The zero-order valence-corrected chi connectivity index (χ0v) is 6.31. The van der Waals surface area contributed by atoms with E-state index in [0.717, 1.165) is 19.3 Å². The van der Waals surface area contributed by atoms with Crippen molar-refractivity contribution in [2.75, 3.05) is 0 Å². The summed E-state index contributed by atoms with van der Waals surface area (Å²) in [6.45, 7) is 1.96. The van der Waals surface area contributed by atoms with Gasteiger partial charge in [-0.05, 0) is 18.8 Å². The zero-order chi connectivity index (χ0) is 7.40. The minimum absolute atomic E-state index is 0.160. The molecule has 0 aromatic heterocycles. The van der Waals surface area contributed by atoms with Crippen LogP contribution in [0.15, 0.2) is 0 Å². The van der Waals surface area contributed by atoms with Crippen LogP contribution >= 0.6 is 0 Å². The minimum Gasteiger partial charge on any atom is -0.285 e. The molecular weight excluding hydrogens is 124 g/mol. The highest BCUT2D eigenvalue weighted by Gasteiger charge is 2.23. The van der Waals surface area contributed by atoms with Crippen molar-refractivity contribution in [3.8, 4) is 11.8 Å². The van der Waals surface area contributed by atoms with Crippen LogP contribution in [0.1, 0.15) is 32.6 Å². The first-order chi connectivity index (χ1) is 4.84. The molecule has 1 heteroatoms. The SMILES string of the molecule is CCC#CC(=O)C1CCC1. The number of ketones is 1. The molecule has 54 valence electrons. The zero-order valence-electron chi connectivity index (χ0n) is 6.31. The van der Waals surface area contributed by atoms with Gasteiger partial charge in [0.25, 0.3) is 0 Å². The molecule has 0 saturated heterocycles. The summed E-state index contributed by atoms with van der Waals surface area (Å²) < 4.78 is 0. The first-order valence-electron chi connectivity index (χ1n) is 3.87. The van der Waals surface area contributed by atoms with E-state index in [1.165, 1.54) is 6.42 Å². The Morgan fingerprint density at radius 2 is 2.30 bits per heavy atom. The lowest BCUT2D eigenvalue weighted by Gasteiger charge is -2.20. The molecule has 0 N–H and O–H groups in total. The van der Waals surface area contributed by atoms with Crippen LogP contribution in [0.3, 0.4) is 0 Å². The number of carbonyl (C=O) groups excluding carboxylic acids is 1. The molecule has 1 nitrogen and oxygen atoms in total. The van der Waals surface area contributed by atoms with Crippen molar-refractivity contribution in [2.24, 2.45) is 5.92 Å². The summed E-state index contributed by atoms with van der Waals surface area (Å²) in [4.78, 5) is 11.0. The largest absolute Gasteiger partial charge is 0.285 e. The molecular formula is C9H12O. The van der Waals surface area contributed by atoms with E-state index in [0.29, 0.717) is 5.92 Å². The van der Waals surface area contributed by atoms with Crippen LogP contribution in [0.25, 0.3) is 0 Å². The number of rotatable bonds is 1. The van der Waals surface area contributed by atoms with Crippen molar-refractivity contribution in [2.45, 2.75) is 32.6 Å². The quantitative estimate of drug-likeness (QED) is 0.396. The van der Waals surface area contributed by atoms with Crippen LogP contribution in [-0.4, -0.2) is 5.78 Å². The van der Waals surface area contributed by atoms with Gasteiger partial charge in [0.1, 0.15) is 0 Å². The van der Waals surface area contributed by atoms with Gasteiger partial charge < -0.3 is 0 Å². The maximum Gasteiger partial charge on any atom is 0.208 e. The van der Waals surface area contributed by atoms with Crippen molar-refractivity contribution in [3.05, 3.63) is 0 Å². The maximum atomic E-state index is 11.0. The van der Waals surface area contributed by atoms with Gasteiger partial charge in [-0.25, -0.2) is 0 Å². The van der Waals surface area contributed by atoms with Crippen LogP contribution in [0.5, 0.6) is 0 Å². The molecule has 0 aliphatic heterocycles. The molecule has 1 aliphatic rings. The molecule has 0 radical (unpaired) electrons. The molecule has 0 bridgehead atoms. The highest BCUT2D eigenvalue weighted by Crippen LogP contribution is 2.26. The van der Waals surface area contributed by atoms with Crippen LogP contribution in [0, 0.1) is 17.8 Å². The molecule has 1 fully saturated rings. The predicted octanol–water partition coefficient (Wildman–Crippen LogP) is 1.77. The van der Waals surface area contributed by atoms with Gasteiger partial charge in [-0.15, -0.1) is 0 Å². The summed E-state index contributed by atoms with van der Waals surface area (Å²) >= 11 is 0. The Morgan fingerprint density at radius 1 is 1.60 bits per heavy atom. The topological polar surface area (TPSA) is 17.1 Å². The lowest BCUT2D eigenvalue weighted by molar-refractivity contribution is -0.119. The third-order valence-corrected chi connectivity index (χ3v) is 1.86. The molecule has 0 heterocycles. The molecule has 0 aromatic carbocycles. The van der Waals surface area contributed by atoms with Crippen molar-refractivity contribution >= 4 is 5.78 Å². The van der Waals surface area contributed by atoms with E-state index in [1.807, 2.05) is 6.92 Å². The molecule has 0 spiro atoms. The number of Topliss-reactive ketones (excluding diaryl/α,β-unsaturated/α-hetero) is 1. The Bertz CT molecular complexity index is 179. The summed E-state index contributed by atoms with van der Waals surface area (Å²) in [5.74, 6) is 5.89. The maximum absolute atomic E-state index is 11.0. The smallest absolute Gasteiger partial charge is 0.208 e. The highest BCUT2D eigenvalue weighted by atomic mass is 16.1. The van der Waals surface area contributed by atoms with E-state index in [4.69, 9.17) is 0 Å². The van der Waals surface area contributed by atoms with E-state index in [9.17, 15) is 4.79 Å². The van der Waals surface area contributed by atoms with E-state index in [2.05, 4.69) is 11.8 Å². The lowest BCUT2D eigenvalue weighted by atomic mass is 9.82. The van der Waals surface area contributed by atoms with Gasteiger partial charge in [-0.2, -0.15) is 0 Å². The van der Waals surface area contributed by atoms with Gasteiger partial charge in [0.15, 0.2) is 0 Å². The number of hydrogen-bond donors (Lipinski definition) is 0. The number of hydrogen-bond acceptors (Lipinski definition) is 1. The normalized spacial score (nSPS) is 16.9. The molecule has 0 amide bonds. The van der Waals surface area contributed by atoms with Crippen molar-refractivity contribution < 1.29 is 4.79 Å². The molecule has 1 saturated carbocycles. The average Bonchev–Trinajstić information content (AvgIpc) is 1.79. The molecule has 1 aliphatic carbocycles. The van der Waals surface area contributed by atoms with Crippen LogP contribution in [-0.2, 0) is 4.79 Å². The van der Waals surface area contributed by atoms with Gasteiger partial charge in [-0.3, -0.25) is 4.79 Å². The molecule has 0 unspecified atom stereocenters. The van der Waals surface area contributed by atoms with Gasteiger partial charge in [0.2, 0.25) is 5.78 Å². The van der Waals surface area contributed by atoms with Gasteiger partial charge in [0.05, 0.1) is 0 Å². The second kappa shape index (κ2) is 3.41. The van der Waals surface area contributed by atoms with Gasteiger partial charge in [0, 0.05) is 12.3 Å². The fourth-order valence-corrected chi connectivity index (χ4v) is 0.948. The van der Waals surface area contributed by atoms with Crippen molar-refractivity contribution in [1.29, 1.82) is 0 Å². The molecule has 0 aromatic rings. The van der Waals surface area contributed by atoms with Crippen molar-refractivity contribution in [3.63, 3.8) is 0 Å². The Hall–Kier alpha value is -0.770. The molecule has 10 heavy (non-hydrogen) atoms. The van der Waals surface area contributed by atoms with Crippen LogP contribution in [0.2, 0.25) is 0 Å². The standard InChI is InChI=1S/C9H12O/c1-2-3-7-9(10)8-5-4-6-8/h8H,2,4-6H2,1H3. The highest BCUT2D eigenvalue weighted by molar-refractivity contribution is 5.97. The second-order valence-electron chi connectivity index (χ2n) is 2.65. The van der Waals surface area contributed by atoms with Gasteiger partial charge >= 0.3 is 0 Å². The summed E-state index contributed by atoms with van der Waals surface area (Å²) in [7, 11) is 0. The average molecular weight is 136 g/mol. The summed E-state index contributed by atoms with van der Waals surface area (Å²) in [5, 5.41) is 0. The Morgan fingerprint density at radius 3 is 2.70 bits per heavy atom.